The maximum atomic E-state index is 13.0. The summed E-state index contributed by atoms with van der Waals surface area (Å²) >= 11 is 0. The van der Waals surface area contributed by atoms with Gasteiger partial charge in [0, 0.05) is 5.46 Å². The SMILES string of the molecule is COc1ccc(F)c(C)c1B(O)O. The highest BCUT2D eigenvalue weighted by Crippen LogP contribution is 2.13. The van der Waals surface area contributed by atoms with E-state index < -0.39 is 12.9 Å². The average Bonchev–Trinajstić information content (AvgIpc) is 2.08. The molecule has 0 atom stereocenters. The molecule has 70 valence electrons. The molecule has 0 amide bonds. The van der Waals surface area contributed by atoms with Gasteiger partial charge in [0.2, 0.25) is 0 Å². The van der Waals surface area contributed by atoms with Crippen molar-refractivity contribution in [2.75, 3.05) is 7.11 Å². The lowest BCUT2D eigenvalue weighted by Crippen LogP contribution is -2.34. The molecule has 0 aliphatic rings. The summed E-state index contributed by atoms with van der Waals surface area (Å²) in [5.74, 6) is -0.210. The van der Waals surface area contributed by atoms with Crippen molar-refractivity contribution in [1.29, 1.82) is 0 Å². The van der Waals surface area contributed by atoms with Crippen molar-refractivity contribution >= 4 is 12.6 Å². The molecule has 5 heteroatoms. The number of methoxy groups -OCH3 is 1. The van der Waals surface area contributed by atoms with Crippen molar-refractivity contribution in [3.63, 3.8) is 0 Å². The molecule has 1 rings (SSSR count). The third kappa shape index (κ3) is 1.81. The van der Waals surface area contributed by atoms with Crippen LogP contribution in [0.4, 0.5) is 4.39 Å². The van der Waals surface area contributed by atoms with Crippen molar-refractivity contribution in [3.05, 3.63) is 23.5 Å². The molecule has 0 saturated heterocycles. The van der Waals surface area contributed by atoms with Crippen LogP contribution in [0.15, 0.2) is 12.1 Å². The minimum absolute atomic E-state index is 0.0718. The minimum Gasteiger partial charge on any atom is -0.497 e. The number of benzene rings is 1. The highest BCUT2D eigenvalue weighted by Gasteiger charge is 2.21. The highest BCUT2D eigenvalue weighted by molar-refractivity contribution is 6.60. The fraction of sp³-hybridized carbons (Fsp3) is 0.250. The summed E-state index contributed by atoms with van der Waals surface area (Å²) in [5, 5.41) is 17.9. The molecular formula is C8H10BFO3. The average molecular weight is 184 g/mol. The van der Waals surface area contributed by atoms with Crippen molar-refractivity contribution in [2.45, 2.75) is 6.92 Å². The quantitative estimate of drug-likeness (QED) is 0.627. The van der Waals surface area contributed by atoms with E-state index >= 15 is 0 Å². The molecular weight excluding hydrogens is 174 g/mol. The van der Waals surface area contributed by atoms with Gasteiger partial charge in [-0.1, -0.05) is 0 Å². The molecule has 2 N–H and O–H groups in total. The first kappa shape index (κ1) is 10.0. The van der Waals surface area contributed by atoms with E-state index in [0.717, 1.165) is 0 Å². The monoisotopic (exact) mass is 184 g/mol. The smallest absolute Gasteiger partial charge is 0.492 e. The molecule has 0 fully saturated rings. The van der Waals surface area contributed by atoms with Gasteiger partial charge in [-0.3, -0.25) is 0 Å². The van der Waals surface area contributed by atoms with Gasteiger partial charge in [0.1, 0.15) is 11.6 Å². The Morgan fingerprint density at radius 1 is 1.38 bits per heavy atom. The van der Waals surface area contributed by atoms with E-state index in [-0.39, 0.29) is 16.8 Å². The van der Waals surface area contributed by atoms with Crippen LogP contribution < -0.4 is 10.2 Å². The summed E-state index contributed by atoms with van der Waals surface area (Å²) in [6.07, 6.45) is 0. The van der Waals surface area contributed by atoms with Crippen molar-refractivity contribution in [1.82, 2.24) is 0 Å². The van der Waals surface area contributed by atoms with E-state index in [1.54, 1.807) is 0 Å². The second kappa shape index (κ2) is 3.76. The lowest BCUT2D eigenvalue weighted by Gasteiger charge is -2.10. The van der Waals surface area contributed by atoms with Crippen LogP contribution >= 0.6 is 0 Å². The predicted molar refractivity (Wildman–Crippen MR) is 47.5 cm³/mol. The van der Waals surface area contributed by atoms with E-state index in [4.69, 9.17) is 14.8 Å². The van der Waals surface area contributed by atoms with Gasteiger partial charge in [-0.25, -0.2) is 4.39 Å². The molecule has 3 nitrogen and oxygen atoms in total. The largest absolute Gasteiger partial charge is 0.497 e. The standard InChI is InChI=1S/C8H10BFO3/c1-5-6(10)3-4-7(13-2)8(5)9(11)12/h3-4,11-12H,1-2H3. The molecule has 1 aromatic rings. The Morgan fingerprint density at radius 3 is 2.46 bits per heavy atom. The van der Waals surface area contributed by atoms with Gasteiger partial charge in [0.05, 0.1) is 7.11 Å². The van der Waals surface area contributed by atoms with E-state index in [9.17, 15) is 4.39 Å². The first-order valence-corrected chi connectivity index (χ1v) is 3.77. The predicted octanol–water partition coefficient (Wildman–Crippen LogP) is -0.177. The van der Waals surface area contributed by atoms with Crippen LogP contribution in [0.2, 0.25) is 0 Å². The number of rotatable bonds is 2. The van der Waals surface area contributed by atoms with E-state index in [1.165, 1.54) is 26.2 Å². The van der Waals surface area contributed by atoms with Gasteiger partial charge in [0.15, 0.2) is 0 Å². The fourth-order valence-corrected chi connectivity index (χ4v) is 1.18. The van der Waals surface area contributed by atoms with Gasteiger partial charge in [-0.15, -0.1) is 0 Å². The molecule has 13 heavy (non-hydrogen) atoms. The summed E-state index contributed by atoms with van der Waals surface area (Å²) in [4.78, 5) is 0. The first-order valence-electron chi connectivity index (χ1n) is 3.77. The van der Waals surface area contributed by atoms with E-state index in [0.29, 0.717) is 0 Å². The van der Waals surface area contributed by atoms with Crippen molar-refractivity contribution in [2.24, 2.45) is 0 Å². The summed E-state index contributed by atoms with van der Waals surface area (Å²) in [6, 6.07) is 2.58. The van der Waals surface area contributed by atoms with E-state index in [1.807, 2.05) is 0 Å². The second-order valence-corrected chi connectivity index (χ2v) is 2.66. The third-order valence-electron chi connectivity index (χ3n) is 1.89. The van der Waals surface area contributed by atoms with Gasteiger partial charge in [-0.05, 0) is 24.6 Å². The van der Waals surface area contributed by atoms with Gasteiger partial charge in [0.25, 0.3) is 0 Å². The highest BCUT2D eigenvalue weighted by atomic mass is 19.1. The Balaban J connectivity index is 3.32. The summed E-state index contributed by atoms with van der Waals surface area (Å²) < 4.78 is 17.8. The zero-order valence-electron chi connectivity index (χ0n) is 7.41. The third-order valence-corrected chi connectivity index (χ3v) is 1.89. The Kier molecular flexibility index (Phi) is 2.90. The minimum atomic E-state index is -1.72. The van der Waals surface area contributed by atoms with E-state index in [2.05, 4.69) is 0 Å². The van der Waals surface area contributed by atoms with Crippen LogP contribution in [0.25, 0.3) is 0 Å². The maximum absolute atomic E-state index is 13.0. The number of hydrogen-bond acceptors (Lipinski definition) is 3. The Labute approximate surface area is 75.9 Å². The first-order chi connectivity index (χ1) is 6.07. The molecule has 0 radical (unpaired) electrons. The molecule has 0 heterocycles. The summed E-state index contributed by atoms with van der Waals surface area (Å²) in [5.41, 5.74) is 0.261. The lowest BCUT2D eigenvalue weighted by molar-refractivity contribution is 0.401. The zero-order valence-corrected chi connectivity index (χ0v) is 7.41. The molecule has 0 aliphatic heterocycles. The van der Waals surface area contributed by atoms with Gasteiger partial charge >= 0.3 is 7.12 Å². The Hall–Kier alpha value is -1.07. The maximum Gasteiger partial charge on any atom is 0.492 e. The van der Waals surface area contributed by atoms with Gasteiger partial charge < -0.3 is 14.8 Å². The summed E-state index contributed by atoms with van der Waals surface area (Å²) in [6.45, 7) is 1.46. The molecule has 0 unspecified atom stereocenters. The van der Waals surface area contributed by atoms with Crippen LogP contribution in [0.3, 0.4) is 0 Å². The van der Waals surface area contributed by atoms with Crippen LogP contribution in [-0.2, 0) is 0 Å². The van der Waals surface area contributed by atoms with Crippen LogP contribution in [0.5, 0.6) is 5.75 Å². The molecule has 1 aromatic carbocycles. The fourth-order valence-electron chi connectivity index (χ4n) is 1.18. The van der Waals surface area contributed by atoms with Crippen LogP contribution in [-0.4, -0.2) is 24.3 Å². The van der Waals surface area contributed by atoms with Crippen LogP contribution in [0, 0.1) is 12.7 Å². The molecule has 0 aromatic heterocycles. The Bertz CT molecular complexity index is 315. The summed E-state index contributed by atoms with van der Waals surface area (Å²) in [7, 11) is -0.330. The van der Waals surface area contributed by atoms with Crippen molar-refractivity contribution < 1.29 is 19.2 Å². The number of hydrogen-bond donors (Lipinski definition) is 2. The zero-order chi connectivity index (χ0) is 10.0. The number of ether oxygens (including phenoxy) is 1. The van der Waals surface area contributed by atoms with Gasteiger partial charge in [-0.2, -0.15) is 0 Å². The second-order valence-electron chi connectivity index (χ2n) is 2.66. The molecule has 0 spiro atoms. The topological polar surface area (TPSA) is 49.7 Å². The Morgan fingerprint density at radius 2 is 2.00 bits per heavy atom. The van der Waals surface area contributed by atoms with Crippen molar-refractivity contribution in [3.8, 4) is 5.75 Å². The molecule has 0 aliphatic carbocycles. The molecule has 0 bridgehead atoms. The molecule has 0 saturated carbocycles. The number of halogens is 1. The normalized spacial score (nSPS) is 9.92. The lowest BCUT2D eigenvalue weighted by atomic mass is 9.76. The van der Waals surface area contributed by atoms with Crippen LogP contribution in [0.1, 0.15) is 5.56 Å².